The first-order valence-electron chi connectivity index (χ1n) is 16.7. The molecule has 0 saturated heterocycles. The molecule has 2 heterocycles. The highest BCUT2D eigenvalue weighted by molar-refractivity contribution is 6.23. The zero-order valence-corrected chi connectivity index (χ0v) is 26.6. The van der Waals surface area contributed by atoms with E-state index in [9.17, 15) is 4.79 Å². The highest BCUT2D eigenvalue weighted by Gasteiger charge is 2.33. The minimum absolute atomic E-state index is 0.0366. The summed E-state index contributed by atoms with van der Waals surface area (Å²) in [6.07, 6.45) is 0. The normalized spacial score (nSPS) is 13.5. The van der Waals surface area contributed by atoms with E-state index in [2.05, 4.69) is 107 Å². The Morgan fingerprint density at radius 2 is 0.820 bits per heavy atom. The van der Waals surface area contributed by atoms with Gasteiger partial charge in [-0.3, -0.25) is 4.79 Å². The third-order valence-corrected chi connectivity index (χ3v) is 10.1. The van der Waals surface area contributed by atoms with Crippen molar-refractivity contribution < 1.29 is 14.3 Å². The predicted octanol–water partition coefficient (Wildman–Crippen LogP) is 12.4. The summed E-state index contributed by atoms with van der Waals surface area (Å²) in [5.41, 5.74) is 8.99. The zero-order chi connectivity index (χ0) is 32.9. The van der Waals surface area contributed by atoms with E-state index in [4.69, 9.17) is 9.47 Å². The van der Waals surface area contributed by atoms with Crippen molar-refractivity contribution in [3.8, 4) is 34.1 Å². The molecular formula is C45H26N2O3. The van der Waals surface area contributed by atoms with Gasteiger partial charge in [-0.15, -0.1) is 0 Å². The Kier molecular flexibility index (Phi) is 5.47. The number of para-hydroxylation sites is 4. The van der Waals surface area contributed by atoms with Crippen molar-refractivity contribution in [1.29, 1.82) is 0 Å². The number of nitrogens with zero attached hydrogens (tertiary/aromatic N) is 2. The Bertz CT molecular complexity index is 2580. The van der Waals surface area contributed by atoms with Gasteiger partial charge in [-0.2, -0.15) is 0 Å². The molecule has 0 aromatic heterocycles. The fourth-order valence-corrected chi connectivity index (χ4v) is 7.90. The molecule has 3 aliphatic rings. The number of hydrogen-bond donors (Lipinski definition) is 0. The van der Waals surface area contributed by atoms with Gasteiger partial charge in [0, 0.05) is 33.3 Å². The van der Waals surface area contributed by atoms with E-state index in [-0.39, 0.29) is 5.78 Å². The van der Waals surface area contributed by atoms with Crippen molar-refractivity contribution in [3.05, 3.63) is 169 Å². The van der Waals surface area contributed by atoms with Crippen LogP contribution in [0, 0.1) is 0 Å². The number of rotatable bonds is 2. The Labute approximate surface area is 287 Å². The lowest BCUT2D eigenvalue weighted by atomic mass is 10.00. The molecule has 0 amide bonds. The molecule has 0 saturated carbocycles. The summed E-state index contributed by atoms with van der Waals surface area (Å²) in [5, 5.41) is 4.44. The molecule has 0 N–H and O–H groups in total. The van der Waals surface area contributed by atoms with Crippen LogP contribution in [0.1, 0.15) is 15.9 Å². The van der Waals surface area contributed by atoms with E-state index in [1.54, 1.807) is 0 Å². The molecule has 234 valence electrons. The first-order chi connectivity index (χ1) is 24.7. The molecular weight excluding hydrogens is 617 g/mol. The largest absolute Gasteiger partial charge is 0.453 e. The summed E-state index contributed by atoms with van der Waals surface area (Å²) in [4.78, 5) is 18.5. The van der Waals surface area contributed by atoms with E-state index in [0.717, 1.165) is 89.8 Å². The summed E-state index contributed by atoms with van der Waals surface area (Å²) in [7, 11) is 0. The lowest BCUT2D eigenvalue weighted by molar-refractivity contribution is 0.104. The maximum Gasteiger partial charge on any atom is 0.194 e. The van der Waals surface area contributed by atoms with Crippen LogP contribution in [-0.4, -0.2) is 5.78 Å². The van der Waals surface area contributed by atoms with E-state index in [1.165, 1.54) is 0 Å². The van der Waals surface area contributed by atoms with Gasteiger partial charge < -0.3 is 19.3 Å². The first-order valence-corrected chi connectivity index (χ1v) is 16.7. The lowest BCUT2D eigenvalue weighted by Gasteiger charge is -2.34. The molecule has 5 heteroatoms. The maximum atomic E-state index is 13.9. The molecule has 0 spiro atoms. The summed E-state index contributed by atoms with van der Waals surface area (Å²) in [6.45, 7) is 0. The van der Waals surface area contributed by atoms with Gasteiger partial charge in [-0.1, -0.05) is 84.9 Å². The Hall–Kier alpha value is -6.85. The molecule has 0 unspecified atom stereocenters. The van der Waals surface area contributed by atoms with Crippen molar-refractivity contribution in [3.63, 3.8) is 0 Å². The standard InChI is InChI=1S/C45H26N2O3/c48-45-33-21-19-29(46-37-13-5-7-15-39(37)49-41-23-17-27-9-1-3-11-31(27)43(41)46)25-35(33)36-26-30(20-22-34(36)45)47-38-14-6-8-16-40(38)50-42-24-18-28-10-2-4-12-32(28)44(42)47/h1-26H. The maximum absolute atomic E-state index is 13.9. The monoisotopic (exact) mass is 642 g/mol. The van der Waals surface area contributed by atoms with Crippen LogP contribution in [-0.2, 0) is 0 Å². The second-order valence-electron chi connectivity index (χ2n) is 12.9. The molecule has 5 nitrogen and oxygen atoms in total. The Balaban J connectivity index is 1.12. The van der Waals surface area contributed by atoms with Crippen molar-refractivity contribution in [2.75, 3.05) is 9.80 Å². The van der Waals surface area contributed by atoms with Crippen LogP contribution in [0.15, 0.2) is 158 Å². The molecule has 0 atom stereocenters. The highest BCUT2D eigenvalue weighted by atomic mass is 16.5. The Morgan fingerprint density at radius 3 is 1.32 bits per heavy atom. The van der Waals surface area contributed by atoms with E-state index in [1.807, 2.05) is 60.7 Å². The van der Waals surface area contributed by atoms with Crippen molar-refractivity contribution >= 4 is 61.5 Å². The molecule has 0 bridgehead atoms. The van der Waals surface area contributed by atoms with Crippen LogP contribution in [0.3, 0.4) is 0 Å². The van der Waals surface area contributed by atoms with Crippen LogP contribution < -0.4 is 19.3 Å². The minimum Gasteiger partial charge on any atom is -0.453 e. The molecule has 0 fully saturated rings. The van der Waals surface area contributed by atoms with Gasteiger partial charge in [-0.25, -0.2) is 0 Å². The molecule has 8 aromatic carbocycles. The molecule has 50 heavy (non-hydrogen) atoms. The summed E-state index contributed by atoms with van der Waals surface area (Å²) in [6, 6.07) is 53.6. The van der Waals surface area contributed by atoms with Crippen LogP contribution in [0.4, 0.5) is 34.1 Å². The number of ketones is 1. The second kappa shape index (κ2) is 10.1. The van der Waals surface area contributed by atoms with Gasteiger partial charge in [0.25, 0.3) is 0 Å². The fraction of sp³-hybridized carbons (Fsp3) is 0. The van der Waals surface area contributed by atoms with Crippen molar-refractivity contribution in [2.24, 2.45) is 0 Å². The topological polar surface area (TPSA) is 42.0 Å². The zero-order valence-electron chi connectivity index (χ0n) is 26.6. The number of fused-ring (bicyclic) bond motifs is 11. The average Bonchev–Trinajstić information content (AvgIpc) is 3.45. The number of carbonyl (C=O) groups excluding carboxylic acids is 1. The van der Waals surface area contributed by atoms with Crippen molar-refractivity contribution in [2.45, 2.75) is 0 Å². The van der Waals surface area contributed by atoms with Gasteiger partial charge in [0.15, 0.2) is 28.8 Å². The van der Waals surface area contributed by atoms with Crippen LogP contribution in [0.25, 0.3) is 32.7 Å². The number of ether oxygens (including phenoxy) is 2. The van der Waals surface area contributed by atoms with Gasteiger partial charge >= 0.3 is 0 Å². The van der Waals surface area contributed by atoms with Gasteiger partial charge in [0.1, 0.15) is 0 Å². The quantitative estimate of drug-likeness (QED) is 0.188. The first kappa shape index (κ1) is 27.1. The Morgan fingerprint density at radius 1 is 0.380 bits per heavy atom. The molecule has 2 aliphatic heterocycles. The van der Waals surface area contributed by atoms with Crippen LogP contribution >= 0.6 is 0 Å². The van der Waals surface area contributed by atoms with Crippen molar-refractivity contribution in [1.82, 2.24) is 0 Å². The number of carbonyl (C=O) groups is 1. The number of anilines is 6. The summed E-state index contributed by atoms with van der Waals surface area (Å²) < 4.78 is 12.9. The summed E-state index contributed by atoms with van der Waals surface area (Å²) in [5.74, 6) is 3.18. The lowest BCUT2D eigenvalue weighted by Crippen LogP contribution is -2.16. The fourth-order valence-electron chi connectivity index (χ4n) is 7.90. The third kappa shape index (κ3) is 3.74. The molecule has 0 radical (unpaired) electrons. The molecule has 8 aromatic rings. The minimum atomic E-state index is 0.0366. The van der Waals surface area contributed by atoms with Gasteiger partial charge in [0.2, 0.25) is 0 Å². The second-order valence-corrected chi connectivity index (χ2v) is 12.9. The smallest absolute Gasteiger partial charge is 0.194 e. The molecule has 1 aliphatic carbocycles. The van der Waals surface area contributed by atoms with Gasteiger partial charge in [-0.05, 0) is 94.7 Å². The van der Waals surface area contributed by atoms with E-state index in [0.29, 0.717) is 11.1 Å². The average molecular weight is 643 g/mol. The van der Waals surface area contributed by atoms with Crippen LogP contribution in [0.2, 0.25) is 0 Å². The van der Waals surface area contributed by atoms with Gasteiger partial charge in [0.05, 0.1) is 22.7 Å². The highest BCUT2D eigenvalue weighted by Crippen LogP contribution is 2.56. The predicted molar refractivity (Wildman–Crippen MR) is 200 cm³/mol. The van der Waals surface area contributed by atoms with E-state index < -0.39 is 0 Å². The number of benzene rings is 8. The molecule has 11 rings (SSSR count). The number of hydrogen-bond acceptors (Lipinski definition) is 5. The SMILES string of the molecule is O=C1c2ccc(N3c4ccccc4Oc4ccc5ccccc5c43)cc2-c2cc(N3c4ccccc4Oc4ccc5ccccc5c43)ccc21. The third-order valence-electron chi connectivity index (χ3n) is 10.1. The van der Waals surface area contributed by atoms with E-state index >= 15 is 0 Å². The van der Waals surface area contributed by atoms with Crippen LogP contribution in [0.5, 0.6) is 23.0 Å². The summed E-state index contributed by atoms with van der Waals surface area (Å²) >= 11 is 0.